The Morgan fingerprint density at radius 3 is 2.35 bits per heavy atom. The van der Waals surface area contributed by atoms with Crippen LogP contribution in [-0.4, -0.2) is 12.8 Å². The number of rotatable bonds is 5. The van der Waals surface area contributed by atoms with Gasteiger partial charge in [-0.25, -0.2) is 8.78 Å². The Hall–Kier alpha value is -1.39. The van der Waals surface area contributed by atoms with Crippen LogP contribution in [0.25, 0.3) is 0 Å². The zero-order valence-corrected chi connectivity index (χ0v) is 12.3. The summed E-state index contributed by atoms with van der Waals surface area (Å²) in [4.78, 5) is 1.00. The first-order valence-electron chi connectivity index (χ1n) is 6.42. The van der Waals surface area contributed by atoms with Gasteiger partial charge in [-0.3, -0.25) is 0 Å². The van der Waals surface area contributed by atoms with Gasteiger partial charge in [0, 0.05) is 16.7 Å². The van der Waals surface area contributed by atoms with Crippen LogP contribution < -0.4 is 5.32 Å². The van der Waals surface area contributed by atoms with E-state index in [2.05, 4.69) is 5.32 Å². The summed E-state index contributed by atoms with van der Waals surface area (Å²) >= 11 is 1.62. The van der Waals surface area contributed by atoms with Crippen LogP contribution in [0.5, 0.6) is 0 Å². The minimum Gasteiger partial charge on any atom is -0.312 e. The predicted molar refractivity (Wildman–Crippen MR) is 80.1 cm³/mol. The van der Waals surface area contributed by atoms with E-state index in [0.717, 1.165) is 21.8 Å². The van der Waals surface area contributed by atoms with Crippen molar-refractivity contribution in [3.63, 3.8) is 0 Å². The fourth-order valence-corrected chi connectivity index (χ4v) is 3.06. The van der Waals surface area contributed by atoms with Crippen molar-refractivity contribution in [2.24, 2.45) is 0 Å². The average Bonchev–Trinajstić information content (AvgIpc) is 2.45. The number of thioether (sulfide) groups is 1. The first-order chi connectivity index (χ1) is 9.60. The number of benzene rings is 2. The van der Waals surface area contributed by atoms with E-state index < -0.39 is 0 Å². The Morgan fingerprint density at radius 2 is 1.70 bits per heavy atom. The van der Waals surface area contributed by atoms with Crippen molar-refractivity contribution < 1.29 is 8.78 Å². The van der Waals surface area contributed by atoms with E-state index in [0.29, 0.717) is 0 Å². The molecule has 0 bridgehead atoms. The van der Waals surface area contributed by atoms with Gasteiger partial charge >= 0.3 is 0 Å². The molecule has 0 fully saturated rings. The molecule has 0 aliphatic heterocycles. The summed E-state index contributed by atoms with van der Waals surface area (Å²) in [6.07, 6.45) is 0. The van der Waals surface area contributed by atoms with Crippen molar-refractivity contribution in [1.29, 1.82) is 0 Å². The standard InChI is InChI=1S/C16H17F2NS/c1-11-3-4-13(18)9-15(11)16(19-2)10-20-14-7-5-12(17)6-8-14/h3-9,16,19H,10H2,1-2H3. The number of aryl methyl sites for hydroxylation is 1. The minimum atomic E-state index is -0.236. The molecule has 1 N–H and O–H groups in total. The Bertz CT molecular complexity index is 569. The Kier molecular flexibility index (Phi) is 5.15. The molecule has 106 valence electrons. The fraction of sp³-hybridized carbons (Fsp3) is 0.250. The first kappa shape index (κ1) is 15.0. The van der Waals surface area contributed by atoms with E-state index >= 15 is 0 Å². The molecule has 0 aromatic heterocycles. The Labute approximate surface area is 122 Å². The summed E-state index contributed by atoms with van der Waals surface area (Å²) in [5.41, 5.74) is 2.02. The van der Waals surface area contributed by atoms with Crippen molar-refractivity contribution in [3.8, 4) is 0 Å². The molecule has 0 aliphatic rings. The van der Waals surface area contributed by atoms with Crippen LogP contribution >= 0.6 is 11.8 Å². The zero-order valence-electron chi connectivity index (χ0n) is 11.5. The monoisotopic (exact) mass is 293 g/mol. The highest BCUT2D eigenvalue weighted by Gasteiger charge is 2.13. The Balaban J connectivity index is 2.09. The van der Waals surface area contributed by atoms with Crippen LogP contribution in [0.1, 0.15) is 17.2 Å². The molecule has 1 unspecified atom stereocenters. The van der Waals surface area contributed by atoms with Gasteiger partial charge in [0.05, 0.1) is 0 Å². The van der Waals surface area contributed by atoms with E-state index in [9.17, 15) is 8.78 Å². The van der Waals surface area contributed by atoms with Gasteiger partial charge in [0.15, 0.2) is 0 Å². The number of halogens is 2. The number of hydrogen-bond acceptors (Lipinski definition) is 2. The maximum Gasteiger partial charge on any atom is 0.123 e. The van der Waals surface area contributed by atoms with Gasteiger partial charge in [0.25, 0.3) is 0 Å². The van der Waals surface area contributed by atoms with Crippen LogP contribution in [0, 0.1) is 18.6 Å². The van der Waals surface area contributed by atoms with E-state index in [1.54, 1.807) is 36.0 Å². The third kappa shape index (κ3) is 3.81. The quantitative estimate of drug-likeness (QED) is 0.824. The molecule has 0 spiro atoms. The lowest BCUT2D eigenvalue weighted by atomic mass is 10.0. The first-order valence-corrected chi connectivity index (χ1v) is 7.40. The number of nitrogens with one attached hydrogen (secondary N) is 1. The van der Waals surface area contributed by atoms with Crippen molar-refractivity contribution in [3.05, 3.63) is 65.2 Å². The maximum absolute atomic E-state index is 13.4. The molecular weight excluding hydrogens is 276 g/mol. The summed E-state index contributed by atoms with van der Waals surface area (Å²) in [5.74, 6) is 0.296. The molecule has 0 saturated heterocycles. The molecule has 20 heavy (non-hydrogen) atoms. The van der Waals surface area contributed by atoms with Crippen LogP contribution in [0.2, 0.25) is 0 Å². The Morgan fingerprint density at radius 1 is 1.05 bits per heavy atom. The van der Waals surface area contributed by atoms with Crippen LogP contribution in [0.4, 0.5) is 8.78 Å². The molecule has 0 aliphatic carbocycles. The highest BCUT2D eigenvalue weighted by atomic mass is 32.2. The van der Waals surface area contributed by atoms with Gasteiger partial charge in [-0.2, -0.15) is 0 Å². The summed E-state index contributed by atoms with van der Waals surface area (Å²) < 4.78 is 26.2. The number of hydrogen-bond donors (Lipinski definition) is 1. The highest BCUT2D eigenvalue weighted by molar-refractivity contribution is 7.99. The largest absolute Gasteiger partial charge is 0.312 e. The fourth-order valence-electron chi connectivity index (χ4n) is 2.03. The predicted octanol–water partition coefficient (Wildman–Crippen LogP) is 4.33. The molecule has 0 heterocycles. The zero-order chi connectivity index (χ0) is 14.5. The molecule has 1 nitrogen and oxygen atoms in total. The van der Waals surface area contributed by atoms with Gasteiger partial charge in [-0.15, -0.1) is 11.8 Å². The summed E-state index contributed by atoms with van der Waals surface area (Å²) in [6.45, 7) is 1.97. The third-order valence-electron chi connectivity index (χ3n) is 3.20. The SMILES string of the molecule is CNC(CSc1ccc(F)cc1)c1cc(F)ccc1C. The average molecular weight is 293 g/mol. The molecular formula is C16H17F2NS. The van der Waals surface area contributed by atoms with Crippen LogP contribution in [0.3, 0.4) is 0 Å². The molecule has 0 amide bonds. The summed E-state index contributed by atoms with van der Waals surface area (Å²) in [6, 6.07) is 11.3. The molecule has 2 rings (SSSR count). The summed E-state index contributed by atoms with van der Waals surface area (Å²) in [7, 11) is 1.86. The van der Waals surface area contributed by atoms with Crippen molar-refractivity contribution >= 4 is 11.8 Å². The van der Waals surface area contributed by atoms with Crippen molar-refractivity contribution in [2.45, 2.75) is 17.9 Å². The minimum absolute atomic E-state index is 0.0563. The van der Waals surface area contributed by atoms with E-state index in [1.165, 1.54) is 18.2 Å². The lowest BCUT2D eigenvalue weighted by Crippen LogP contribution is -2.20. The van der Waals surface area contributed by atoms with Gasteiger partial charge in [0.2, 0.25) is 0 Å². The van der Waals surface area contributed by atoms with E-state index in [4.69, 9.17) is 0 Å². The van der Waals surface area contributed by atoms with E-state index in [-0.39, 0.29) is 17.7 Å². The van der Waals surface area contributed by atoms with Crippen LogP contribution in [-0.2, 0) is 0 Å². The molecule has 2 aromatic rings. The lowest BCUT2D eigenvalue weighted by Gasteiger charge is -2.18. The smallest absolute Gasteiger partial charge is 0.123 e. The maximum atomic E-state index is 13.4. The molecule has 2 aromatic carbocycles. The second kappa shape index (κ2) is 6.86. The van der Waals surface area contributed by atoms with Gasteiger partial charge < -0.3 is 5.32 Å². The van der Waals surface area contributed by atoms with Crippen molar-refractivity contribution in [2.75, 3.05) is 12.8 Å². The topological polar surface area (TPSA) is 12.0 Å². The van der Waals surface area contributed by atoms with Crippen molar-refractivity contribution in [1.82, 2.24) is 5.32 Å². The second-order valence-electron chi connectivity index (χ2n) is 4.61. The van der Waals surface area contributed by atoms with Gasteiger partial charge in [0.1, 0.15) is 11.6 Å². The van der Waals surface area contributed by atoms with E-state index in [1.807, 2.05) is 14.0 Å². The molecule has 0 saturated carbocycles. The normalized spacial score (nSPS) is 12.4. The summed E-state index contributed by atoms with van der Waals surface area (Å²) in [5, 5.41) is 3.21. The van der Waals surface area contributed by atoms with Crippen LogP contribution in [0.15, 0.2) is 47.4 Å². The molecule has 4 heteroatoms. The van der Waals surface area contributed by atoms with Gasteiger partial charge in [-0.05, 0) is 61.5 Å². The molecule has 1 atom stereocenters. The molecule has 0 radical (unpaired) electrons. The highest BCUT2D eigenvalue weighted by Crippen LogP contribution is 2.27. The van der Waals surface area contributed by atoms with Gasteiger partial charge in [-0.1, -0.05) is 6.07 Å². The lowest BCUT2D eigenvalue weighted by molar-refractivity contribution is 0.609. The third-order valence-corrected chi connectivity index (χ3v) is 4.30. The second-order valence-corrected chi connectivity index (χ2v) is 5.70.